The van der Waals surface area contributed by atoms with Crippen LogP contribution in [0.15, 0.2) is 0 Å². The van der Waals surface area contributed by atoms with Crippen molar-refractivity contribution < 1.29 is 0 Å². The van der Waals surface area contributed by atoms with Gasteiger partial charge in [-0.3, -0.25) is 0 Å². The summed E-state index contributed by atoms with van der Waals surface area (Å²) in [6.45, 7) is 17.5. The lowest BCUT2D eigenvalue weighted by Gasteiger charge is -2.37. The van der Waals surface area contributed by atoms with E-state index >= 15 is 0 Å². The van der Waals surface area contributed by atoms with Crippen molar-refractivity contribution in [2.75, 3.05) is 19.6 Å². The molecule has 0 aromatic carbocycles. The van der Waals surface area contributed by atoms with E-state index in [1.165, 1.54) is 32.4 Å². The molecular formula is C15H32N2. The van der Waals surface area contributed by atoms with Gasteiger partial charge >= 0.3 is 0 Å². The zero-order valence-electron chi connectivity index (χ0n) is 12.8. The zero-order valence-corrected chi connectivity index (χ0v) is 12.8. The lowest BCUT2D eigenvalue weighted by atomic mass is 9.85. The Morgan fingerprint density at radius 1 is 1.24 bits per heavy atom. The van der Waals surface area contributed by atoms with Gasteiger partial charge in [-0.15, -0.1) is 0 Å². The summed E-state index contributed by atoms with van der Waals surface area (Å²) in [5, 5.41) is 3.68. The SMILES string of the molecule is CCC(C)(CNC(C)(C)C)CN1CCCC1C. The van der Waals surface area contributed by atoms with Crippen LogP contribution in [0.1, 0.15) is 60.8 Å². The summed E-state index contributed by atoms with van der Waals surface area (Å²) in [7, 11) is 0. The van der Waals surface area contributed by atoms with Crippen LogP contribution in [0, 0.1) is 5.41 Å². The summed E-state index contributed by atoms with van der Waals surface area (Å²) in [5.74, 6) is 0. The van der Waals surface area contributed by atoms with Gasteiger partial charge in [0.2, 0.25) is 0 Å². The van der Waals surface area contributed by atoms with Crippen molar-refractivity contribution in [3.63, 3.8) is 0 Å². The predicted octanol–water partition coefficient (Wildman–Crippen LogP) is 3.28. The van der Waals surface area contributed by atoms with Crippen LogP contribution in [0.2, 0.25) is 0 Å². The fourth-order valence-electron chi connectivity index (χ4n) is 2.49. The van der Waals surface area contributed by atoms with Crippen LogP contribution < -0.4 is 5.32 Å². The average molecular weight is 240 g/mol. The molecule has 1 saturated heterocycles. The van der Waals surface area contributed by atoms with Gasteiger partial charge in [-0.1, -0.05) is 13.8 Å². The molecule has 0 spiro atoms. The van der Waals surface area contributed by atoms with Gasteiger partial charge in [0.1, 0.15) is 0 Å². The summed E-state index contributed by atoms with van der Waals surface area (Å²) in [6.07, 6.45) is 4.01. The van der Waals surface area contributed by atoms with E-state index in [2.05, 4.69) is 51.8 Å². The van der Waals surface area contributed by atoms with Crippen LogP contribution in [0.3, 0.4) is 0 Å². The minimum atomic E-state index is 0.229. The first-order valence-electron chi connectivity index (χ1n) is 7.25. The number of likely N-dealkylation sites (tertiary alicyclic amines) is 1. The summed E-state index contributed by atoms with van der Waals surface area (Å²) < 4.78 is 0. The molecule has 102 valence electrons. The molecule has 0 aliphatic carbocycles. The maximum Gasteiger partial charge on any atom is 0.00967 e. The Morgan fingerprint density at radius 3 is 2.29 bits per heavy atom. The van der Waals surface area contributed by atoms with Gasteiger partial charge in [0, 0.05) is 24.7 Å². The standard InChI is InChI=1S/C15H32N2/c1-7-15(6,11-16-14(3,4)5)12-17-10-8-9-13(17)2/h13,16H,7-12H2,1-6H3. The second kappa shape index (κ2) is 5.71. The Labute approximate surface area is 108 Å². The summed E-state index contributed by atoms with van der Waals surface area (Å²) in [5.41, 5.74) is 0.638. The molecule has 0 bridgehead atoms. The quantitative estimate of drug-likeness (QED) is 0.793. The molecule has 0 aromatic rings. The van der Waals surface area contributed by atoms with Crippen molar-refractivity contribution in [2.24, 2.45) is 5.41 Å². The Balaban J connectivity index is 2.49. The maximum atomic E-state index is 3.68. The molecule has 1 fully saturated rings. The summed E-state index contributed by atoms with van der Waals surface area (Å²) in [4.78, 5) is 2.67. The van der Waals surface area contributed by atoms with E-state index in [4.69, 9.17) is 0 Å². The van der Waals surface area contributed by atoms with Crippen LogP contribution in [0.4, 0.5) is 0 Å². The van der Waals surface area contributed by atoms with Crippen LogP contribution >= 0.6 is 0 Å². The topological polar surface area (TPSA) is 15.3 Å². The van der Waals surface area contributed by atoms with Gasteiger partial charge < -0.3 is 10.2 Å². The number of hydrogen-bond acceptors (Lipinski definition) is 2. The average Bonchev–Trinajstić information content (AvgIpc) is 2.61. The number of rotatable bonds is 5. The molecule has 0 radical (unpaired) electrons. The normalized spacial score (nSPS) is 26.1. The molecule has 1 heterocycles. The van der Waals surface area contributed by atoms with Crippen molar-refractivity contribution in [3.05, 3.63) is 0 Å². The predicted molar refractivity (Wildman–Crippen MR) is 76.4 cm³/mol. The lowest BCUT2D eigenvalue weighted by Crippen LogP contribution is -2.47. The molecule has 1 aliphatic rings. The van der Waals surface area contributed by atoms with Gasteiger partial charge in [-0.2, -0.15) is 0 Å². The fraction of sp³-hybridized carbons (Fsp3) is 1.00. The molecule has 17 heavy (non-hydrogen) atoms. The van der Waals surface area contributed by atoms with Gasteiger partial charge in [-0.25, -0.2) is 0 Å². The molecule has 2 unspecified atom stereocenters. The molecule has 1 N–H and O–H groups in total. The van der Waals surface area contributed by atoms with Crippen molar-refractivity contribution in [1.82, 2.24) is 10.2 Å². The van der Waals surface area contributed by atoms with Crippen molar-refractivity contribution in [1.29, 1.82) is 0 Å². The summed E-state index contributed by atoms with van der Waals surface area (Å²) >= 11 is 0. The molecule has 0 amide bonds. The molecule has 2 nitrogen and oxygen atoms in total. The highest BCUT2D eigenvalue weighted by atomic mass is 15.2. The molecule has 1 rings (SSSR count). The zero-order chi connectivity index (χ0) is 13.1. The van der Waals surface area contributed by atoms with Crippen molar-refractivity contribution >= 4 is 0 Å². The highest BCUT2D eigenvalue weighted by Crippen LogP contribution is 2.27. The molecular weight excluding hydrogens is 208 g/mol. The number of hydrogen-bond donors (Lipinski definition) is 1. The van der Waals surface area contributed by atoms with E-state index in [1.807, 2.05) is 0 Å². The highest BCUT2D eigenvalue weighted by molar-refractivity contribution is 4.86. The molecule has 0 saturated carbocycles. The molecule has 1 aliphatic heterocycles. The van der Waals surface area contributed by atoms with E-state index in [0.717, 1.165) is 12.6 Å². The second-order valence-electron chi connectivity index (χ2n) is 7.23. The van der Waals surface area contributed by atoms with E-state index in [0.29, 0.717) is 5.41 Å². The molecule has 2 heteroatoms. The number of nitrogens with zero attached hydrogens (tertiary/aromatic N) is 1. The summed E-state index contributed by atoms with van der Waals surface area (Å²) in [6, 6.07) is 0.788. The van der Waals surface area contributed by atoms with Gasteiger partial charge in [-0.05, 0) is 58.9 Å². The Hall–Kier alpha value is -0.0800. The van der Waals surface area contributed by atoms with Crippen LogP contribution in [-0.4, -0.2) is 36.1 Å². The third-order valence-electron chi connectivity index (χ3n) is 4.17. The first kappa shape index (κ1) is 15.0. The van der Waals surface area contributed by atoms with Crippen molar-refractivity contribution in [3.8, 4) is 0 Å². The minimum absolute atomic E-state index is 0.229. The third kappa shape index (κ3) is 4.97. The Kier molecular flexibility index (Phi) is 5.03. The van der Waals surface area contributed by atoms with E-state index in [-0.39, 0.29) is 5.54 Å². The van der Waals surface area contributed by atoms with Gasteiger partial charge in [0.05, 0.1) is 0 Å². The lowest BCUT2D eigenvalue weighted by molar-refractivity contribution is 0.142. The Morgan fingerprint density at radius 2 is 1.88 bits per heavy atom. The number of nitrogens with one attached hydrogen (secondary N) is 1. The minimum Gasteiger partial charge on any atom is -0.311 e. The molecule has 0 aromatic heterocycles. The van der Waals surface area contributed by atoms with Crippen LogP contribution in [-0.2, 0) is 0 Å². The fourth-order valence-corrected chi connectivity index (χ4v) is 2.49. The van der Waals surface area contributed by atoms with Crippen molar-refractivity contribution in [2.45, 2.75) is 72.4 Å². The van der Waals surface area contributed by atoms with Crippen LogP contribution in [0.25, 0.3) is 0 Å². The van der Waals surface area contributed by atoms with Crippen LogP contribution in [0.5, 0.6) is 0 Å². The van der Waals surface area contributed by atoms with Gasteiger partial charge in [0.15, 0.2) is 0 Å². The Bertz CT molecular complexity index is 232. The highest BCUT2D eigenvalue weighted by Gasteiger charge is 2.30. The van der Waals surface area contributed by atoms with E-state index in [1.54, 1.807) is 0 Å². The molecule has 2 atom stereocenters. The largest absolute Gasteiger partial charge is 0.311 e. The smallest absolute Gasteiger partial charge is 0.00967 e. The first-order valence-corrected chi connectivity index (χ1v) is 7.25. The van der Waals surface area contributed by atoms with E-state index in [9.17, 15) is 0 Å². The maximum absolute atomic E-state index is 3.68. The van der Waals surface area contributed by atoms with Gasteiger partial charge in [0.25, 0.3) is 0 Å². The first-order chi connectivity index (χ1) is 7.76. The third-order valence-corrected chi connectivity index (χ3v) is 4.17. The van der Waals surface area contributed by atoms with E-state index < -0.39 is 0 Å². The second-order valence-corrected chi connectivity index (χ2v) is 7.23. The monoisotopic (exact) mass is 240 g/mol.